The number of aromatic hydroxyl groups is 2. The number of ether oxygens (including phenoxy) is 1. The lowest BCUT2D eigenvalue weighted by molar-refractivity contribution is 0.0844. The Morgan fingerprint density at radius 1 is 1.12 bits per heavy atom. The summed E-state index contributed by atoms with van der Waals surface area (Å²) in [4.78, 5) is 25.8. The van der Waals surface area contributed by atoms with Gasteiger partial charge in [0.2, 0.25) is 5.78 Å². The first-order valence-corrected chi connectivity index (χ1v) is 8.77. The molecule has 1 aliphatic carbocycles. The Morgan fingerprint density at radius 2 is 1.81 bits per heavy atom. The third-order valence-corrected chi connectivity index (χ3v) is 5.31. The quantitative estimate of drug-likeness (QED) is 0.613. The van der Waals surface area contributed by atoms with E-state index in [0.29, 0.717) is 6.42 Å². The van der Waals surface area contributed by atoms with Gasteiger partial charge in [-0.15, -0.1) is 0 Å². The van der Waals surface area contributed by atoms with E-state index in [1.54, 1.807) is 6.92 Å². The number of ketones is 2. The van der Waals surface area contributed by atoms with E-state index in [9.17, 15) is 19.8 Å². The van der Waals surface area contributed by atoms with Crippen molar-refractivity contribution in [3.63, 3.8) is 0 Å². The number of hydrogen-bond acceptors (Lipinski definition) is 5. The van der Waals surface area contributed by atoms with E-state index in [-0.39, 0.29) is 22.7 Å². The first-order valence-electron chi connectivity index (χ1n) is 8.77. The highest BCUT2D eigenvalue weighted by Gasteiger charge is 2.77. The van der Waals surface area contributed by atoms with Crippen molar-refractivity contribution < 1.29 is 24.5 Å². The Hall–Kier alpha value is -2.40. The molecule has 3 rings (SSSR count). The number of carbonyl (C=O) groups is 2. The standard InChI is InChI=1S/C21H24O5/c1-12(2)6-5-7-13(3)8-9-21-18(24)15-10-14(22)11-16(23)17(15)19(25)20(21,4)26-21/h6,8,10-11,22-23H,5,7,9H2,1-4H3/b13-8+/t20-,21+/m0/s1. The molecule has 0 unspecified atom stereocenters. The minimum Gasteiger partial charge on any atom is -0.508 e. The van der Waals surface area contributed by atoms with Crippen LogP contribution < -0.4 is 0 Å². The Kier molecular flexibility index (Phi) is 4.31. The average Bonchev–Trinajstić information content (AvgIpc) is 3.18. The summed E-state index contributed by atoms with van der Waals surface area (Å²) in [7, 11) is 0. The van der Waals surface area contributed by atoms with Gasteiger partial charge in [-0.1, -0.05) is 23.3 Å². The molecule has 2 aliphatic rings. The van der Waals surface area contributed by atoms with Crippen LogP contribution in [0, 0.1) is 0 Å². The maximum absolute atomic E-state index is 13.0. The topological polar surface area (TPSA) is 87.1 Å². The van der Waals surface area contributed by atoms with E-state index in [1.165, 1.54) is 11.6 Å². The fraction of sp³-hybridized carbons (Fsp3) is 0.429. The molecule has 1 aliphatic heterocycles. The molecule has 2 N–H and O–H groups in total. The van der Waals surface area contributed by atoms with Crippen molar-refractivity contribution in [2.45, 2.75) is 58.2 Å². The van der Waals surface area contributed by atoms with Crippen molar-refractivity contribution in [2.75, 3.05) is 0 Å². The summed E-state index contributed by atoms with van der Waals surface area (Å²) in [6.45, 7) is 7.69. The van der Waals surface area contributed by atoms with Gasteiger partial charge in [0.05, 0.1) is 5.56 Å². The molecule has 1 fully saturated rings. The van der Waals surface area contributed by atoms with Crippen LogP contribution in [0.25, 0.3) is 0 Å². The van der Waals surface area contributed by atoms with Gasteiger partial charge >= 0.3 is 0 Å². The van der Waals surface area contributed by atoms with Crippen molar-refractivity contribution in [3.8, 4) is 11.5 Å². The van der Waals surface area contributed by atoms with E-state index in [2.05, 4.69) is 19.9 Å². The van der Waals surface area contributed by atoms with Crippen molar-refractivity contribution in [3.05, 3.63) is 46.6 Å². The van der Waals surface area contributed by atoms with Gasteiger partial charge in [0.25, 0.3) is 0 Å². The molecule has 0 spiro atoms. The second-order valence-corrected chi connectivity index (χ2v) is 7.58. The van der Waals surface area contributed by atoms with Crippen LogP contribution in [0.4, 0.5) is 0 Å². The molecule has 5 heteroatoms. The van der Waals surface area contributed by atoms with Crippen molar-refractivity contribution in [2.24, 2.45) is 0 Å². The van der Waals surface area contributed by atoms with E-state index in [1.807, 2.05) is 13.0 Å². The first-order chi connectivity index (χ1) is 12.1. The molecule has 0 radical (unpaired) electrons. The molecule has 5 nitrogen and oxygen atoms in total. The number of rotatable bonds is 5. The Labute approximate surface area is 153 Å². The van der Waals surface area contributed by atoms with Gasteiger partial charge in [-0.25, -0.2) is 0 Å². The van der Waals surface area contributed by atoms with Crippen LogP contribution in [0.15, 0.2) is 35.4 Å². The van der Waals surface area contributed by atoms with Crippen LogP contribution in [-0.4, -0.2) is 33.0 Å². The number of epoxide rings is 1. The zero-order chi connectivity index (χ0) is 19.3. The Morgan fingerprint density at radius 3 is 2.46 bits per heavy atom. The number of hydrogen-bond donors (Lipinski definition) is 2. The third-order valence-electron chi connectivity index (χ3n) is 5.31. The molecule has 1 saturated heterocycles. The monoisotopic (exact) mass is 356 g/mol. The zero-order valence-corrected chi connectivity index (χ0v) is 15.5. The largest absolute Gasteiger partial charge is 0.508 e. The summed E-state index contributed by atoms with van der Waals surface area (Å²) in [6, 6.07) is 2.29. The molecule has 1 aromatic rings. The normalized spacial score (nSPS) is 27.0. The molecular weight excluding hydrogens is 332 g/mol. The van der Waals surface area contributed by atoms with E-state index >= 15 is 0 Å². The zero-order valence-electron chi connectivity index (χ0n) is 15.5. The number of phenols is 2. The summed E-state index contributed by atoms with van der Waals surface area (Å²) in [5.74, 6) is -1.43. The van der Waals surface area contributed by atoms with Crippen LogP contribution in [-0.2, 0) is 4.74 Å². The van der Waals surface area contributed by atoms with Crippen LogP contribution in [0.1, 0.15) is 67.7 Å². The van der Waals surface area contributed by atoms with Gasteiger partial charge in [0.15, 0.2) is 17.0 Å². The lowest BCUT2D eigenvalue weighted by Crippen LogP contribution is -2.43. The fourth-order valence-electron chi connectivity index (χ4n) is 3.64. The number of fused-ring (bicyclic) bond motifs is 2. The van der Waals surface area contributed by atoms with Gasteiger partial charge in [-0.05, 0) is 46.6 Å². The second-order valence-electron chi connectivity index (χ2n) is 7.58. The lowest BCUT2D eigenvalue weighted by atomic mass is 9.73. The Balaban J connectivity index is 1.89. The number of Topliss-reactive ketones (excluding diaryl/α,β-unsaturated/α-hetero) is 2. The molecule has 2 atom stereocenters. The molecule has 0 aromatic heterocycles. The van der Waals surface area contributed by atoms with Gasteiger partial charge in [-0.2, -0.15) is 0 Å². The molecule has 1 aromatic carbocycles. The number of phenolic OH excluding ortho intramolecular Hbond substituents is 2. The number of carbonyl (C=O) groups excluding carboxylic acids is 2. The molecule has 0 bridgehead atoms. The van der Waals surface area contributed by atoms with Crippen LogP contribution in [0.3, 0.4) is 0 Å². The second kappa shape index (κ2) is 6.09. The predicted octanol–water partition coefficient (Wildman–Crippen LogP) is 4.09. The van der Waals surface area contributed by atoms with E-state index < -0.39 is 22.7 Å². The van der Waals surface area contributed by atoms with Gasteiger partial charge < -0.3 is 14.9 Å². The number of benzene rings is 1. The summed E-state index contributed by atoms with van der Waals surface area (Å²) in [5.41, 5.74) is -0.152. The van der Waals surface area contributed by atoms with Crippen molar-refractivity contribution in [1.82, 2.24) is 0 Å². The summed E-state index contributed by atoms with van der Waals surface area (Å²) < 4.78 is 5.70. The molecule has 1 heterocycles. The Bertz CT molecular complexity index is 859. The van der Waals surface area contributed by atoms with Crippen LogP contribution >= 0.6 is 0 Å². The van der Waals surface area contributed by atoms with Gasteiger partial charge in [0.1, 0.15) is 11.5 Å². The number of allylic oxidation sites excluding steroid dienone is 3. The molecule has 0 amide bonds. The minimum atomic E-state index is -1.26. The lowest BCUT2D eigenvalue weighted by Gasteiger charge is -2.23. The minimum absolute atomic E-state index is 0.0260. The molecule has 0 saturated carbocycles. The van der Waals surface area contributed by atoms with Gasteiger partial charge in [0, 0.05) is 18.1 Å². The third kappa shape index (κ3) is 2.67. The fourth-order valence-corrected chi connectivity index (χ4v) is 3.64. The van der Waals surface area contributed by atoms with Crippen LogP contribution in [0.2, 0.25) is 0 Å². The highest BCUT2D eigenvalue weighted by molar-refractivity contribution is 6.26. The first kappa shape index (κ1) is 18.4. The maximum Gasteiger partial charge on any atom is 0.202 e. The summed E-state index contributed by atoms with van der Waals surface area (Å²) in [6.07, 6.45) is 6.20. The SMILES string of the molecule is CC(C)=CCC/C(C)=C/C[C@]12O[C@@]1(C)C(=O)c1c(O)cc(O)cc1C2=O. The van der Waals surface area contributed by atoms with E-state index in [4.69, 9.17) is 4.74 Å². The highest BCUT2D eigenvalue weighted by atomic mass is 16.6. The van der Waals surface area contributed by atoms with E-state index in [0.717, 1.165) is 24.5 Å². The van der Waals surface area contributed by atoms with Crippen LogP contribution in [0.5, 0.6) is 11.5 Å². The summed E-state index contributed by atoms with van der Waals surface area (Å²) >= 11 is 0. The van der Waals surface area contributed by atoms with Crippen molar-refractivity contribution >= 4 is 11.6 Å². The van der Waals surface area contributed by atoms with Gasteiger partial charge in [-0.3, -0.25) is 9.59 Å². The smallest absolute Gasteiger partial charge is 0.202 e. The predicted molar refractivity (Wildman–Crippen MR) is 97.7 cm³/mol. The molecular formula is C21H24O5. The average molecular weight is 356 g/mol. The van der Waals surface area contributed by atoms with Crippen molar-refractivity contribution in [1.29, 1.82) is 0 Å². The molecule has 26 heavy (non-hydrogen) atoms. The maximum atomic E-state index is 13.0. The summed E-state index contributed by atoms with van der Waals surface area (Å²) in [5, 5.41) is 19.7. The molecule has 138 valence electrons. The highest BCUT2D eigenvalue weighted by Crippen LogP contribution is 2.58.